The molecule has 1 spiro atoms. The number of likely N-dealkylation sites (tertiary alicyclic amines) is 1. The fraction of sp³-hybridized carbons (Fsp3) is 0.433. The highest BCUT2D eigenvalue weighted by molar-refractivity contribution is 5.96. The molecule has 1 saturated carbocycles. The number of hydrogen-bond donors (Lipinski definition) is 0. The first-order valence-electron chi connectivity index (χ1n) is 13.0. The van der Waals surface area contributed by atoms with E-state index in [1.165, 1.54) is 5.57 Å². The summed E-state index contributed by atoms with van der Waals surface area (Å²) in [5.41, 5.74) is 3.84. The van der Waals surface area contributed by atoms with Crippen LogP contribution in [0, 0.1) is 5.92 Å². The van der Waals surface area contributed by atoms with E-state index in [1.807, 2.05) is 47.9 Å². The molecule has 0 N–H and O–H groups in total. The van der Waals surface area contributed by atoms with Crippen LogP contribution in [0.4, 0.5) is 0 Å². The minimum absolute atomic E-state index is 0.0208. The molecule has 1 saturated heterocycles. The molecular formula is C30H32N2O4. The zero-order valence-electron chi connectivity index (χ0n) is 21.0. The third-order valence-corrected chi connectivity index (χ3v) is 8.43. The Morgan fingerprint density at radius 3 is 2.36 bits per heavy atom. The largest absolute Gasteiger partial charge is 0.449 e. The van der Waals surface area contributed by atoms with Gasteiger partial charge in [0.25, 0.3) is 0 Å². The van der Waals surface area contributed by atoms with E-state index in [1.54, 1.807) is 0 Å². The van der Waals surface area contributed by atoms with Crippen molar-refractivity contribution in [3.05, 3.63) is 76.9 Å². The number of hydrogen-bond acceptors (Lipinski definition) is 4. The molecule has 4 aliphatic rings. The molecule has 186 valence electrons. The minimum Gasteiger partial charge on any atom is -0.449 e. The Kier molecular flexibility index (Phi) is 5.32. The lowest BCUT2D eigenvalue weighted by molar-refractivity contribution is -0.134. The van der Waals surface area contributed by atoms with Crippen molar-refractivity contribution in [2.75, 3.05) is 26.2 Å². The second-order valence-corrected chi connectivity index (χ2v) is 11.0. The number of esters is 1. The molecule has 6 heteroatoms. The average molecular weight is 485 g/mol. The Hall–Kier alpha value is -3.41. The summed E-state index contributed by atoms with van der Waals surface area (Å²) in [4.78, 5) is 42.3. The number of rotatable bonds is 4. The Morgan fingerprint density at radius 1 is 0.944 bits per heavy atom. The molecule has 0 bridgehead atoms. The third kappa shape index (κ3) is 3.57. The van der Waals surface area contributed by atoms with Crippen molar-refractivity contribution >= 4 is 23.4 Å². The van der Waals surface area contributed by atoms with Crippen molar-refractivity contribution in [3.8, 4) is 0 Å². The summed E-state index contributed by atoms with van der Waals surface area (Å²) >= 11 is 0. The monoisotopic (exact) mass is 484 g/mol. The molecule has 36 heavy (non-hydrogen) atoms. The van der Waals surface area contributed by atoms with Gasteiger partial charge in [0, 0.05) is 37.5 Å². The van der Waals surface area contributed by atoms with Crippen molar-refractivity contribution in [2.45, 2.75) is 50.5 Å². The van der Waals surface area contributed by atoms with Crippen LogP contribution in [0.15, 0.2) is 54.6 Å². The number of fused-ring (bicyclic) bond motifs is 2. The van der Waals surface area contributed by atoms with Gasteiger partial charge >= 0.3 is 5.97 Å². The molecule has 0 aromatic heterocycles. The predicted molar refractivity (Wildman–Crippen MR) is 136 cm³/mol. The molecule has 0 radical (unpaired) electrons. The third-order valence-electron chi connectivity index (χ3n) is 8.43. The smallest absolute Gasteiger partial charge is 0.339 e. The quantitative estimate of drug-likeness (QED) is 0.608. The van der Waals surface area contributed by atoms with E-state index in [-0.39, 0.29) is 23.7 Å². The van der Waals surface area contributed by atoms with E-state index in [0.717, 1.165) is 42.5 Å². The molecule has 2 aromatic rings. The number of amides is 2. The van der Waals surface area contributed by atoms with E-state index < -0.39 is 11.0 Å². The molecule has 2 amide bonds. The van der Waals surface area contributed by atoms with Gasteiger partial charge < -0.3 is 14.5 Å². The van der Waals surface area contributed by atoms with Crippen LogP contribution >= 0.6 is 0 Å². The Morgan fingerprint density at radius 2 is 1.69 bits per heavy atom. The first-order valence-corrected chi connectivity index (χ1v) is 13.0. The van der Waals surface area contributed by atoms with E-state index in [0.29, 0.717) is 31.6 Å². The van der Waals surface area contributed by atoms with Gasteiger partial charge in [-0.15, -0.1) is 0 Å². The standard InChI is InChI=1S/C30H32N2O4/c1-20(2)26(33)31-16-11-22(12-17-31)21-7-9-23(10-8-21)29(13-14-29)28(35)32-18-15-30(19-32)25-6-4-3-5-24(25)27(34)36-30/h3-11,20H,12-19H2,1-2H3/t30-/m0/s1. The van der Waals surface area contributed by atoms with Gasteiger partial charge in [-0.05, 0) is 42.0 Å². The maximum Gasteiger partial charge on any atom is 0.339 e. The number of benzene rings is 2. The second kappa shape index (κ2) is 8.32. The highest BCUT2D eigenvalue weighted by Gasteiger charge is 2.57. The molecule has 2 aromatic carbocycles. The van der Waals surface area contributed by atoms with Gasteiger partial charge in [-0.3, -0.25) is 9.59 Å². The maximum absolute atomic E-state index is 13.7. The van der Waals surface area contributed by atoms with Gasteiger partial charge in [-0.1, -0.05) is 62.4 Å². The van der Waals surface area contributed by atoms with E-state index in [2.05, 4.69) is 30.3 Å². The average Bonchev–Trinajstić information content (AvgIpc) is 3.54. The Bertz CT molecular complexity index is 1270. The number of nitrogens with zero attached hydrogens (tertiary/aromatic N) is 2. The van der Waals surface area contributed by atoms with Gasteiger partial charge in [0.1, 0.15) is 0 Å². The van der Waals surface area contributed by atoms with Crippen LogP contribution in [0.3, 0.4) is 0 Å². The topological polar surface area (TPSA) is 66.9 Å². The SMILES string of the molecule is CC(C)C(=O)N1CC=C(c2ccc(C3(C(=O)N4CC[C@@]5(C4)OC(=O)c4ccccc45)CC3)cc2)CC1. The molecule has 3 heterocycles. The van der Waals surface area contributed by atoms with Crippen LogP contribution in [0.1, 0.15) is 66.6 Å². The van der Waals surface area contributed by atoms with Crippen molar-refractivity contribution in [2.24, 2.45) is 5.92 Å². The molecule has 6 nitrogen and oxygen atoms in total. The summed E-state index contributed by atoms with van der Waals surface area (Å²) in [6, 6.07) is 16.0. The summed E-state index contributed by atoms with van der Waals surface area (Å²) < 4.78 is 5.85. The van der Waals surface area contributed by atoms with Crippen LogP contribution in [0.2, 0.25) is 0 Å². The summed E-state index contributed by atoms with van der Waals surface area (Å²) in [5.74, 6) is 0.0828. The van der Waals surface area contributed by atoms with Gasteiger partial charge in [0.05, 0.1) is 17.5 Å². The molecule has 2 fully saturated rings. The zero-order chi connectivity index (χ0) is 25.1. The number of ether oxygens (including phenoxy) is 1. The summed E-state index contributed by atoms with van der Waals surface area (Å²) in [6.07, 6.45) is 5.33. The van der Waals surface area contributed by atoms with Crippen molar-refractivity contribution in [1.29, 1.82) is 0 Å². The normalized spacial score (nSPS) is 24.1. The molecule has 1 aliphatic carbocycles. The van der Waals surface area contributed by atoms with E-state index in [9.17, 15) is 14.4 Å². The maximum atomic E-state index is 13.7. The van der Waals surface area contributed by atoms with E-state index >= 15 is 0 Å². The summed E-state index contributed by atoms with van der Waals surface area (Å²) in [6.45, 7) is 6.30. The van der Waals surface area contributed by atoms with Crippen molar-refractivity contribution in [1.82, 2.24) is 9.80 Å². The van der Waals surface area contributed by atoms with Crippen LogP contribution in [0.25, 0.3) is 5.57 Å². The van der Waals surface area contributed by atoms with Crippen molar-refractivity contribution in [3.63, 3.8) is 0 Å². The molecule has 6 rings (SSSR count). The van der Waals surface area contributed by atoms with Crippen LogP contribution in [-0.4, -0.2) is 53.8 Å². The lowest BCUT2D eigenvalue weighted by Crippen LogP contribution is -2.40. The molecule has 1 atom stereocenters. The first kappa shape index (κ1) is 23.0. The first-order chi connectivity index (χ1) is 17.3. The van der Waals surface area contributed by atoms with Gasteiger partial charge in [0.2, 0.25) is 11.8 Å². The zero-order valence-corrected chi connectivity index (χ0v) is 21.0. The second-order valence-electron chi connectivity index (χ2n) is 11.0. The fourth-order valence-electron chi connectivity index (χ4n) is 6.16. The highest BCUT2D eigenvalue weighted by atomic mass is 16.6. The molecule has 3 aliphatic heterocycles. The van der Waals surface area contributed by atoms with Gasteiger partial charge in [0.15, 0.2) is 5.60 Å². The highest BCUT2D eigenvalue weighted by Crippen LogP contribution is 2.52. The van der Waals surface area contributed by atoms with Gasteiger partial charge in [-0.25, -0.2) is 4.79 Å². The molecular weight excluding hydrogens is 452 g/mol. The fourth-order valence-corrected chi connectivity index (χ4v) is 6.16. The van der Waals surface area contributed by atoms with Crippen molar-refractivity contribution < 1.29 is 19.1 Å². The lowest BCUT2D eigenvalue weighted by Gasteiger charge is -2.28. The van der Waals surface area contributed by atoms with Gasteiger partial charge in [-0.2, -0.15) is 0 Å². The van der Waals surface area contributed by atoms with Crippen LogP contribution < -0.4 is 0 Å². The lowest BCUT2D eigenvalue weighted by atomic mass is 9.90. The Labute approximate surface area is 211 Å². The van der Waals surface area contributed by atoms with E-state index in [4.69, 9.17) is 4.74 Å². The molecule has 0 unspecified atom stereocenters. The minimum atomic E-state index is -0.707. The van der Waals surface area contributed by atoms with Crippen LogP contribution in [0.5, 0.6) is 0 Å². The van der Waals surface area contributed by atoms with Crippen LogP contribution in [-0.2, 0) is 25.3 Å². The summed E-state index contributed by atoms with van der Waals surface area (Å²) in [5, 5.41) is 0. The predicted octanol–water partition coefficient (Wildman–Crippen LogP) is 4.29. The summed E-state index contributed by atoms with van der Waals surface area (Å²) in [7, 11) is 0. The number of carbonyl (C=O) groups excluding carboxylic acids is 3. The number of carbonyl (C=O) groups is 3. The Balaban J connectivity index is 1.16.